The van der Waals surface area contributed by atoms with Crippen molar-refractivity contribution < 1.29 is 19.5 Å². The summed E-state index contributed by atoms with van der Waals surface area (Å²) >= 11 is 6.48. The number of primary amides is 1. The molecule has 0 aliphatic rings. The van der Waals surface area contributed by atoms with E-state index in [1.165, 1.54) is 0 Å². The molecule has 0 fully saturated rings. The van der Waals surface area contributed by atoms with Crippen molar-refractivity contribution >= 4 is 49.6 Å². The van der Waals surface area contributed by atoms with Gasteiger partial charge in [0.15, 0.2) is 0 Å². The van der Waals surface area contributed by atoms with Crippen molar-refractivity contribution in [2.45, 2.75) is 18.9 Å². The minimum atomic E-state index is -1.21. The molecule has 1 rings (SSSR count). The third-order valence-corrected chi connectivity index (χ3v) is 3.32. The van der Waals surface area contributed by atoms with Crippen LogP contribution in [0.4, 0.5) is 0 Å². The van der Waals surface area contributed by atoms with E-state index in [-0.39, 0.29) is 12.8 Å². The third kappa shape index (κ3) is 5.30. The Balaban J connectivity index is 2.79. The molecule has 0 spiro atoms. The number of carbonyl (C=O) groups excluding carboxylic acids is 2. The monoisotopic (exact) mass is 406 g/mol. The highest BCUT2D eigenvalue weighted by Crippen LogP contribution is 2.20. The Morgan fingerprint density at radius 3 is 2.20 bits per heavy atom. The molecule has 2 amide bonds. The van der Waals surface area contributed by atoms with Gasteiger partial charge in [0, 0.05) is 20.9 Å². The first-order chi connectivity index (χ1) is 9.29. The fourth-order valence-electron chi connectivity index (χ4n) is 1.47. The van der Waals surface area contributed by atoms with Crippen LogP contribution >= 0.6 is 31.9 Å². The van der Waals surface area contributed by atoms with Crippen LogP contribution in [0.1, 0.15) is 23.2 Å². The normalized spacial score (nSPS) is 11.7. The molecule has 1 atom stereocenters. The van der Waals surface area contributed by atoms with Gasteiger partial charge >= 0.3 is 5.97 Å². The molecule has 6 nitrogen and oxygen atoms in total. The molecule has 1 aromatic rings. The molecule has 0 aliphatic carbocycles. The summed E-state index contributed by atoms with van der Waals surface area (Å²) in [6, 6.07) is 3.71. The summed E-state index contributed by atoms with van der Waals surface area (Å²) in [5.74, 6) is -2.37. The van der Waals surface area contributed by atoms with Gasteiger partial charge < -0.3 is 16.2 Å². The van der Waals surface area contributed by atoms with Crippen LogP contribution in [0.15, 0.2) is 27.1 Å². The minimum Gasteiger partial charge on any atom is -0.480 e. The largest absolute Gasteiger partial charge is 0.480 e. The number of aliphatic carboxylic acids is 1. The first kappa shape index (κ1) is 16.6. The average Bonchev–Trinajstić information content (AvgIpc) is 2.32. The van der Waals surface area contributed by atoms with E-state index in [0.29, 0.717) is 14.5 Å². The minimum absolute atomic E-state index is 0.0500. The Hall–Kier alpha value is -1.41. The fourth-order valence-corrected chi connectivity index (χ4v) is 2.76. The van der Waals surface area contributed by atoms with E-state index in [1.54, 1.807) is 18.2 Å². The maximum Gasteiger partial charge on any atom is 0.326 e. The number of amides is 2. The molecule has 0 saturated carbocycles. The number of nitrogens with one attached hydrogen (secondary N) is 1. The Morgan fingerprint density at radius 1 is 1.20 bits per heavy atom. The number of carbonyl (C=O) groups is 3. The van der Waals surface area contributed by atoms with Gasteiger partial charge in [0.25, 0.3) is 5.91 Å². The van der Waals surface area contributed by atoms with Crippen molar-refractivity contribution in [1.82, 2.24) is 5.32 Å². The maximum absolute atomic E-state index is 12.0. The molecule has 0 radical (unpaired) electrons. The van der Waals surface area contributed by atoms with E-state index in [0.717, 1.165) is 0 Å². The summed E-state index contributed by atoms with van der Waals surface area (Å²) in [4.78, 5) is 33.7. The summed E-state index contributed by atoms with van der Waals surface area (Å²) < 4.78 is 1.36. The topological polar surface area (TPSA) is 109 Å². The van der Waals surface area contributed by atoms with Gasteiger partial charge in [-0.05, 0) is 24.6 Å². The number of benzene rings is 1. The average molecular weight is 408 g/mol. The Bertz CT molecular complexity index is 528. The lowest BCUT2D eigenvalue weighted by Gasteiger charge is -2.14. The van der Waals surface area contributed by atoms with Gasteiger partial charge in [0.2, 0.25) is 5.91 Å². The van der Waals surface area contributed by atoms with Crippen LogP contribution in [-0.4, -0.2) is 28.9 Å². The summed E-state index contributed by atoms with van der Waals surface area (Å²) in [7, 11) is 0. The number of hydrogen-bond donors (Lipinski definition) is 3. The van der Waals surface area contributed by atoms with Crippen molar-refractivity contribution in [3.05, 3.63) is 32.7 Å². The lowest BCUT2D eigenvalue weighted by molar-refractivity contribution is -0.139. The lowest BCUT2D eigenvalue weighted by atomic mass is 10.1. The first-order valence-corrected chi connectivity index (χ1v) is 7.16. The molecular formula is C12H12Br2N2O4. The van der Waals surface area contributed by atoms with Crippen LogP contribution in [0, 0.1) is 0 Å². The third-order valence-electron chi connectivity index (χ3n) is 2.41. The Labute approximate surface area is 132 Å². The van der Waals surface area contributed by atoms with E-state index < -0.39 is 23.8 Å². The lowest BCUT2D eigenvalue weighted by Crippen LogP contribution is -2.41. The molecule has 108 valence electrons. The molecule has 0 aliphatic heterocycles. The predicted molar refractivity (Wildman–Crippen MR) is 79.2 cm³/mol. The SMILES string of the molecule is NC(=O)CC[C@H](NC(=O)c1cc(Br)cc(Br)c1)C(=O)O. The highest BCUT2D eigenvalue weighted by atomic mass is 79.9. The highest BCUT2D eigenvalue weighted by molar-refractivity contribution is 9.11. The summed E-state index contributed by atoms with van der Waals surface area (Å²) in [5, 5.41) is 11.4. The number of carboxylic acid groups (broad SMARTS) is 1. The zero-order valence-electron chi connectivity index (χ0n) is 10.2. The zero-order chi connectivity index (χ0) is 15.3. The van der Waals surface area contributed by atoms with Crippen molar-refractivity contribution in [1.29, 1.82) is 0 Å². The van der Waals surface area contributed by atoms with Gasteiger partial charge in [-0.25, -0.2) is 4.79 Å². The summed E-state index contributed by atoms with van der Waals surface area (Å²) in [6.07, 6.45) is -0.162. The predicted octanol–water partition coefficient (Wildman–Crippen LogP) is 1.66. The van der Waals surface area contributed by atoms with E-state index >= 15 is 0 Å². The van der Waals surface area contributed by atoms with Crippen molar-refractivity contribution in [2.75, 3.05) is 0 Å². The van der Waals surface area contributed by atoms with Gasteiger partial charge in [0.05, 0.1) is 0 Å². The van der Waals surface area contributed by atoms with Crippen LogP contribution < -0.4 is 11.1 Å². The van der Waals surface area contributed by atoms with Crippen molar-refractivity contribution in [2.24, 2.45) is 5.73 Å². The second kappa shape index (κ2) is 7.39. The summed E-state index contributed by atoms with van der Waals surface area (Å²) in [6.45, 7) is 0. The number of carboxylic acids is 1. The molecule has 0 aromatic heterocycles. The van der Waals surface area contributed by atoms with Gasteiger partial charge in [-0.3, -0.25) is 9.59 Å². The molecule has 4 N–H and O–H groups in total. The molecule has 0 saturated heterocycles. The number of hydrogen-bond acceptors (Lipinski definition) is 3. The van der Waals surface area contributed by atoms with Crippen LogP contribution in [-0.2, 0) is 9.59 Å². The van der Waals surface area contributed by atoms with Crippen LogP contribution in [0.3, 0.4) is 0 Å². The van der Waals surface area contributed by atoms with E-state index in [4.69, 9.17) is 10.8 Å². The highest BCUT2D eigenvalue weighted by Gasteiger charge is 2.21. The van der Waals surface area contributed by atoms with Crippen molar-refractivity contribution in [3.63, 3.8) is 0 Å². The molecule has 20 heavy (non-hydrogen) atoms. The number of rotatable bonds is 6. The molecular weight excluding hydrogens is 396 g/mol. The number of halogens is 2. The molecule has 1 aromatic carbocycles. The van der Waals surface area contributed by atoms with Crippen LogP contribution in [0.5, 0.6) is 0 Å². The van der Waals surface area contributed by atoms with Crippen molar-refractivity contribution in [3.8, 4) is 0 Å². The Kier molecular flexibility index (Phi) is 6.15. The van der Waals surface area contributed by atoms with Gasteiger partial charge in [-0.2, -0.15) is 0 Å². The molecule has 0 heterocycles. The smallest absolute Gasteiger partial charge is 0.326 e. The fraction of sp³-hybridized carbons (Fsp3) is 0.250. The van der Waals surface area contributed by atoms with Gasteiger partial charge in [-0.15, -0.1) is 0 Å². The second-order valence-corrected chi connectivity index (χ2v) is 5.86. The zero-order valence-corrected chi connectivity index (χ0v) is 13.4. The maximum atomic E-state index is 12.0. The van der Waals surface area contributed by atoms with Crippen LogP contribution in [0.25, 0.3) is 0 Å². The standard InChI is InChI=1S/C12H12Br2N2O4/c13-7-3-6(4-8(14)5-7)11(18)16-9(12(19)20)1-2-10(15)17/h3-5,9H,1-2H2,(H2,15,17)(H,16,18)(H,19,20)/t9-/m0/s1. The second-order valence-electron chi connectivity index (χ2n) is 4.03. The van der Waals surface area contributed by atoms with Gasteiger partial charge in [0.1, 0.15) is 6.04 Å². The summed E-state index contributed by atoms with van der Waals surface area (Å²) in [5.41, 5.74) is 5.27. The quantitative estimate of drug-likeness (QED) is 0.665. The van der Waals surface area contributed by atoms with E-state index in [1.807, 2.05) is 0 Å². The molecule has 0 unspecified atom stereocenters. The van der Waals surface area contributed by atoms with E-state index in [9.17, 15) is 14.4 Å². The van der Waals surface area contributed by atoms with E-state index in [2.05, 4.69) is 37.2 Å². The molecule has 8 heteroatoms. The first-order valence-electron chi connectivity index (χ1n) is 5.57. The van der Waals surface area contributed by atoms with Crippen LogP contribution in [0.2, 0.25) is 0 Å². The molecule has 0 bridgehead atoms. The number of nitrogens with two attached hydrogens (primary N) is 1. The van der Waals surface area contributed by atoms with Gasteiger partial charge in [-0.1, -0.05) is 31.9 Å². The Morgan fingerprint density at radius 2 is 1.75 bits per heavy atom.